The van der Waals surface area contributed by atoms with Gasteiger partial charge in [-0.2, -0.15) is 0 Å². The van der Waals surface area contributed by atoms with E-state index in [0.717, 1.165) is 11.3 Å². The third-order valence-corrected chi connectivity index (χ3v) is 5.62. The van der Waals surface area contributed by atoms with Gasteiger partial charge in [0.2, 0.25) is 0 Å². The van der Waals surface area contributed by atoms with Crippen LogP contribution in [0.25, 0.3) is 17.4 Å². The number of thiocarbonyl (C=S) groups is 1. The van der Waals surface area contributed by atoms with Crippen molar-refractivity contribution in [3.63, 3.8) is 0 Å². The number of hydrogen-bond donors (Lipinski definition) is 0. The van der Waals surface area contributed by atoms with Crippen molar-refractivity contribution in [2.75, 3.05) is 4.90 Å². The number of aryl methyl sites for hydroxylation is 1. The van der Waals surface area contributed by atoms with E-state index < -0.39 is 4.92 Å². The quantitative estimate of drug-likeness (QED) is 0.237. The second-order valence-corrected chi connectivity index (χ2v) is 8.01. The molecular weight excluding hydrogens is 408 g/mol. The van der Waals surface area contributed by atoms with E-state index in [1.54, 1.807) is 36.4 Å². The minimum absolute atomic E-state index is 0.0424. The summed E-state index contributed by atoms with van der Waals surface area (Å²) in [7, 11) is 0. The van der Waals surface area contributed by atoms with Crippen LogP contribution in [0.2, 0.25) is 0 Å². The molecule has 1 fully saturated rings. The molecular formula is C21H14N2O4S2. The molecule has 8 heteroatoms. The number of thioether (sulfide) groups is 1. The van der Waals surface area contributed by atoms with Crippen molar-refractivity contribution >= 4 is 51.7 Å². The number of nitrogens with zero attached hydrogens (tertiary/aromatic N) is 2. The summed E-state index contributed by atoms with van der Waals surface area (Å²) in [6.07, 6.45) is 1.60. The minimum Gasteiger partial charge on any atom is -0.456 e. The van der Waals surface area contributed by atoms with Gasteiger partial charge in [0, 0.05) is 12.1 Å². The van der Waals surface area contributed by atoms with E-state index in [9.17, 15) is 14.9 Å². The van der Waals surface area contributed by atoms with Crippen LogP contribution in [0.15, 0.2) is 70.0 Å². The normalized spacial score (nSPS) is 15.3. The number of anilines is 1. The molecule has 0 unspecified atom stereocenters. The number of carbonyl (C=O) groups is 1. The van der Waals surface area contributed by atoms with Crippen LogP contribution in [-0.4, -0.2) is 15.2 Å². The summed E-state index contributed by atoms with van der Waals surface area (Å²) in [5, 5.41) is 11.2. The van der Waals surface area contributed by atoms with Crippen LogP contribution >= 0.6 is 24.0 Å². The fourth-order valence-corrected chi connectivity index (χ4v) is 4.28. The second kappa shape index (κ2) is 7.65. The molecule has 6 nitrogen and oxygen atoms in total. The van der Waals surface area contributed by atoms with Gasteiger partial charge in [-0.25, -0.2) is 0 Å². The number of hydrogen-bond acceptors (Lipinski definition) is 6. The number of rotatable bonds is 4. The maximum absolute atomic E-state index is 12.9. The molecule has 0 atom stereocenters. The van der Waals surface area contributed by atoms with E-state index >= 15 is 0 Å². The molecule has 1 aliphatic heterocycles. The zero-order chi connectivity index (χ0) is 20.5. The average molecular weight is 422 g/mol. The van der Waals surface area contributed by atoms with Crippen LogP contribution in [0.4, 0.5) is 11.4 Å². The fraction of sp³-hybridized carbons (Fsp3) is 0.0476. The maximum atomic E-state index is 12.9. The van der Waals surface area contributed by atoms with E-state index in [-0.39, 0.29) is 11.6 Å². The fourth-order valence-electron chi connectivity index (χ4n) is 3.00. The lowest BCUT2D eigenvalue weighted by Gasteiger charge is -2.14. The lowest BCUT2D eigenvalue weighted by Crippen LogP contribution is -2.27. The van der Waals surface area contributed by atoms with Crippen molar-refractivity contribution in [3.05, 3.63) is 87.0 Å². The predicted octanol–water partition coefficient (Wildman–Crippen LogP) is 5.57. The number of carbonyl (C=O) groups excluding carboxylic acids is 1. The summed E-state index contributed by atoms with van der Waals surface area (Å²) in [5.41, 5.74) is 2.08. The Balaban J connectivity index is 1.64. The first-order chi connectivity index (χ1) is 13.9. The monoisotopic (exact) mass is 422 g/mol. The first kappa shape index (κ1) is 19.1. The lowest BCUT2D eigenvalue weighted by molar-refractivity contribution is -0.384. The van der Waals surface area contributed by atoms with E-state index in [1.165, 1.54) is 22.7 Å². The Hall–Kier alpha value is -3.23. The maximum Gasteiger partial charge on any atom is 0.280 e. The Morgan fingerprint density at radius 3 is 2.69 bits per heavy atom. The van der Waals surface area contributed by atoms with Crippen LogP contribution < -0.4 is 4.90 Å². The molecule has 0 saturated carbocycles. The van der Waals surface area contributed by atoms with Crippen molar-refractivity contribution < 1.29 is 14.1 Å². The van der Waals surface area contributed by atoms with Gasteiger partial charge in [-0.1, -0.05) is 48.2 Å². The van der Waals surface area contributed by atoms with Crippen LogP contribution in [0, 0.1) is 17.0 Å². The van der Waals surface area contributed by atoms with Gasteiger partial charge in [-0.3, -0.25) is 19.8 Å². The van der Waals surface area contributed by atoms with Gasteiger partial charge in [0.1, 0.15) is 11.5 Å². The zero-order valence-corrected chi connectivity index (χ0v) is 16.8. The van der Waals surface area contributed by atoms with E-state index in [4.69, 9.17) is 16.6 Å². The largest absolute Gasteiger partial charge is 0.456 e. The number of furan rings is 1. The molecule has 1 aromatic heterocycles. The molecule has 2 heterocycles. The van der Waals surface area contributed by atoms with Crippen LogP contribution in [0.3, 0.4) is 0 Å². The topological polar surface area (TPSA) is 76.6 Å². The van der Waals surface area contributed by atoms with Gasteiger partial charge >= 0.3 is 0 Å². The minimum atomic E-state index is -0.454. The first-order valence-electron chi connectivity index (χ1n) is 8.62. The molecule has 1 amide bonds. The number of amides is 1. The van der Waals surface area contributed by atoms with E-state index in [1.807, 2.05) is 31.2 Å². The Bertz CT molecular complexity index is 1180. The Kier molecular flexibility index (Phi) is 5.04. The van der Waals surface area contributed by atoms with E-state index in [0.29, 0.717) is 26.3 Å². The number of benzene rings is 2. The number of para-hydroxylation sites is 1. The highest BCUT2D eigenvalue weighted by atomic mass is 32.2. The summed E-state index contributed by atoms with van der Waals surface area (Å²) in [6, 6.07) is 17.2. The molecule has 144 valence electrons. The standard InChI is InChI=1S/C21H14N2O4S2/c1-13-5-4-6-14(11-13)22-20(24)19(29-21(22)28)12-15-9-10-18(27-15)16-7-2-3-8-17(16)23(25)26/h2-12H,1H3/b19-12-. The zero-order valence-electron chi connectivity index (χ0n) is 15.2. The van der Waals surface area contributed by atoms with Crippen LogP contribution in [0.1, 0.15) is 11.3 Å². The summed E-state index contributed by atoms with van der Waals surface area (Å²) < 4.78 is 6.20. The summed E-state index contributed by atoms with van der Waals surface area (Å²) in [5.74, 6) is 0.551. The van der Waals surface area contributed by atoms with Crippen molar-refractivity contribution in [2.45, 2.75) is 6.92 Å². The first-order valence-corrected chi connectivity index (χ1v) is 9.85. The second-order valence-electron chi connectivity index (χ2n) is 6.33. The van der Waals surface area contributed by atoms with Gasteiger partial charge in [-0.05, 0) is 42.8 Å². The molecule has 1 aliphatic rings. The van der Waals surface area contributed by atoms with Crippen molar-refractivity contribution in [3.8, 4) is 11.3 Å². The van der Waals surface area contributed by atoms with Crippen molar-refractivity contribution in [1.29, 1.82) is 0 Å². The summed E-state index contributed by atoms with van der Waals surface area (Å²) in [4.78, 5) is 25.6. The third kappa shape index (κ3) is 3.72. The smallest absolute Gasteiger partial charge is 0.280 e. The molecule has 0 bridgehead atoms. The summed E-state index contributed by atoms with van der Waals surface area (Å²) in [6.45, 7) is 1.95. The van der Waals surface area contributed by atoms with Crippen molar-refractivity contribution in [2.24, 2.45) is 0 Å². The molecule has 2 aromatic carbocycles. The van der Waals surface area contributed by atoms with Crippen LogP contribution in [-0.2, 0) is 4.79 Å². The van der Waals surface area contributed by atoms with Crippen LogP contribution in [0.5, 0.6) is 0 Å². The highest BCUT2D eigenvalue weighted by molar-refractivity contribution is 8.27. The lowest BCUT2D eigenvalue weighted by atomic mass is 10.1. The average Bonchev–Trinajstić information content (AvgIpc) is 3.26. The third-order valence-electron chi connectivity index (χ3n) is 4.32. The molecule has 29 heavy (non-hydrogen) atoms. The molecule has 0 N–H and O–H groups in total. The molecule has 4 rings (SSSR count). The highest BCUT2D eigenvalue weighted by Crippen LogP contribution is 2.37. The number of nitro benzene ring substituents is 1. The molecule has 1 saturated heterocycles. The predicted molar refractivity (Wildman–Crippen MR) is 118 cm³/mol. The van der Waals surface area contributed by atoms with Gasteiger partial charge in [0.15, 0.2) is 4.32 Å². The molecule has 0 spiro atoms. The van der Waals surface area contributed by atoms with Gasteiger partial charge in [0.25, 0.3) is 11.6 Å². The Labute approximate surface area is 176 Å². The Morgan fingerprint density at radius 1 is 1.14 bits per heavy atom. The van der Waals surface area contributed by atoms with E-state index in [2.05, 4.69) is 0 Å². The van der Waals surface area contributed by atoms with Gasteiger partial charge < -0.3 is 4.42 Å². The van der Waals surface area contributed by atoms with Gasteiger partial charge in [-0.15, -0.1) is 0 Å². The molecule has 0 aliphatic carbocycles. The van der Waals surface area contributed by atoms with Gasteiger partial charge in [0.05, 0.1) is 21.1 Å². The summed E-state index contributed by atoms with van der Waals surface area (Å²) >= 11 is 6.58. The SMILES string of the molecule is Cc1cccc(N2C(=O)/C(=C/c3ccc(-c4ccccc4[N+](=O)[O-])o3)SC2=S)c1. The molecule has 3 aromatic rings. The highest BCUT2D eigenvalue weighted by Gasteiger charge is 2.33. The van der Waals surface area contributed by atoms with Crippen molar-refractivity contribution in [1.82, 2.24) is 0 Å². The molecule has 0 radical (unpaired) electrons. The number of nitro groups is 1. The Morgan fingerprint density at radius 2 is 1.93 bits per heavy atom.